The van der Waals surface area contributed by atoms with E-state index in [4.69, 9.17) is 10.5 Å². The highest BCUT2D eigenvalue weighted by atomic mass is 16.5. The van der Waals surface area contributed by atoms with Gasteiger partial charge in [0.2, 0.25) is 5.91 Å². The number of aromatic nitrogens is 1. The molecule has 1 aromatic carbocycles. The molecule has 5 nitrogen and oxygen atoms in total. The summed E-state index contributed by atoms with van der Waals surface area (Å²) >= 11 is 0. The van der Waals surface area contributed by atoms with E-state index in [1.807, 2.05) is 30.3 Å². The van der Waals surface area contributed by atoms with Gasteiger partial charge in [-0.05, 0) is 25.0 Å². The highest BCUT2D eigenvalue weighted by Crippen LogP contribution is 2.16. The van der Waals surface area contributed by atoms with Crippen LogP contribution in [-0.2, 0) is 9.53 Å². The van der Waals surface area contributed by atoms with Crippen molar-refractivity contribution in [2.75, 3.05) is 19.0 Å². The summed E-state index contributed by atoms with van der Waals surface area (Å²) in [6.07, 6.45) is 3.00. The van der Waals surface area contributed by atoms with Crippen LogP contribution < -0.4 is 11.1 Å². The summed E-state index contributed by atoms with van der Waals surface area (Å²) in [6.45, 7) is 0.610. The SMILES string of the molecule is COCCCC(N)C(=O)Nc1cnc2ccccc2c1. The number of benzene rings is 1. The van der Waals surface area contributed by atoms with E-state index in [0.717, 1.165) is 17.3 Å². The monoisotopic (exact) mass is 273 g/mol. The van der Waals surface area contributed by atoms with Crippen molar-refractivity contribution in [3.05, 3.63) is 36.5 Å². The number of fused-ring (bicyclic) bond motifs is 1. The second kappa shape index (κ2) is 6.98. The van der Waals surface area contributed by atoms with Crippen LogP contribution in [0.2, 0.25) is 0 Å². The number of carbonyl (C=O) groups is 1. The Hall–Kier alpha value is -1.98. The molecule has 1 amide bonds. The molecule has 0 saturated carbocycles. The number of hydrogen-bond donors (Lipinski definition) is 2. The summed E-state index contributed by atoms with van der Waals surface area (Å²) in [7, 11) is 1.63. The molecule has 3 N–H and O–H groups in total. The predicted molar refractivity (Wildman–Crippen MR) is 79.5 cm³/mol. The smallest absolute Gasteiger partial charge is 0.241 e. The van der Waals surface area contributed by atoms with Crippen molar-refractivity contribution < 1.29 is 9.53 Å². The Kier molecular flexibility index (Phi) is 5.03. The van der Waals surface area contributed by atoms with E-state index >= 15 is 0 Å². The number of nitrogens with zero attached hydrogens (tertiary/aromatic N) is 1. The maximum atomic E-state index is 11.9. The molecule has 106 valence electrons. The molecular formula is C15H19N3O2. The van der Waals surface area contributed by atoms with Crippen LogP contribution in [0, 0.1) is 0 Å². The van der Waals surface area contributed by atoms with E-state index in [1.54, 1.807) is 13.3 Å². The molecule has 1 heterocycles. The topological polar surface area (TPSA) is 77.2 Å². The molecule has 1 atom stereocenters. The number of carbonyl (C=O) groups excluding carboxylic acids is 1. The second-order valence-corrected chi connectivity index (χ2v) is 4.65. The number of nitrogens with one attached hydrogen (secondary N) is 1. The van der Waals surface area contributed by atoms with Crippen molar-refractivity contribution in [2.24, 2.45) is 5.73 Å². The van der Waals surface area contributed by atoms with Gasteiger partial charge in [-0.25, -0.2) is 0 Å². The molecule has 5 heteroatoms. The fraction of sp³-hybridized carbons (Fsp3) is 0.333. The number of hydrogen-bond acceptors (Lipinski definition) is 4. The van der Waals surface area contributed by atoms with Crippen molar-refractivity contribution >= 4 is 22.5 Å². The van der Waals surface area contributed by atoms with Gasteiger partial charge in [0.25, 0.3) is 0 Å². The molecule has 0 aliphatic heterocycles. The van der Waals surface area contributed by atoms with Crippen molar-refractivity contribution in [3.63, 3.8) is 0 Å². The van der Waals surface area contributed by atoms with E-state index < -0.39 is 6.04 Å². The van der Waals surface area contributed by atoms with Crippen LogP contribution in [0.15, 0.2) is 36.5 Å². The average Bonchev–Trinajstić information content (AvgIpc) is 2.47. The molecule has 0 fully saturated rings. The van der Waals surface area contributed by atoms with Crippen LogP contribution in [-0.4, -0.2) is 30.6 Å². The van der Waals surface area contributed by atoms with Crippen LogP contribution in [0.25, 0.3) is 10.9 Å². The van der Waals surface area contributed by atoms with E-state index in [9.17, 15) is 4.79 Å². The lowest BCUT2D eigenvalue weighted by atomic mass is 10.1. The Bertz CT molecular complexity index is 586. The zero-order chi connectivity index (χ0) is 14.4. The largest absolute Gasteiger partial charge is 0.385 e. The average molecular weight is 273 g/mol. The molecule has 0 aliphatic rings. The minimum atomic E-state index is -0.531. The highest BCUT2D eigenvalue weighted by molar-refractivity contribution is 5.96. The third-order valence-electron chi connectivity index (χ3n) is 3.06. The number of rotatable bonds is 6. The molecule has 2 rings (SSSR count). The van der Waals surface area contributed by atoms with Crippen molar-refractivity contribution in [1.29, 1.82) is 0 Å². The lowest BCUT2D eigenvalue weighted by Crippen LogP contribution is -2.35. The summed E-state index contributed by atoms with van der Waals surface area (Å²) in [4.78, 5) is 16.2. The number of ether oxygens (including phenoxy) is 1. The van der Waals surface area contributed by atoms with Crippen LogP contribution >= 0.6 is 0 Å². The van der Waals surface area contributed by atoms with Crippen molar-refractivity contribution in [1.82, 2.24) is 4.98 Å². The summed E-state index contributed by atoms with van der Waals surface area (Å²) < 4.78 is 4.94. The number of methoxy groups -OCH3 is 1. The third-order valence-corrected chi connectivity index (χ3v) is 3.06. The van der Waals surface area contributed by atoms with Gasteiger partial charge >= 0.3 is 0 Å². The number of amides is 1. The maximum Gasteiger partial charge on any atom is 0.241 e. The Morgan fingerprint density at radius 2 is 2.25 bits per heavy atom. The van der Waals surface area contributed by atoms with Crippen molar-refractivity contribution in [3.8, 4) is 0 Å². The number of nitrogens with two attached hydrogens (primary N) is 1. The number of anilines is 1. The quantitative estimate of drug-likeness (QED) is 0.788. The summed E-state index contributed by atoms with van der Waals surface area (Å²) in [5, 5.41) is 3.78. The molecule has 2 aromatic rings. The molecule has 0 radical (unpaired) electrons. The molecule has 0 saturated heterocycles. The molecule has 0 aliphatic carbocycles. The minimum Gasteiger partial charge on any atom is -0.385 e. The first-order valence-electron chi connectivity index (χ1n) is 6.61. The van der Waals surface area contributed by atoms with E-state index in [1.165, 1.54) is 0 Å². The highest BCUT2D eigenvalue weighted by Gasteiger charge is 2.13. The van der Waals surface area contributed by atoms with Gasteiger partial charge < -0.3 is 15.8 Å². The maximum absolute atomic E-state index is 11.9. The fourth-order valence-electron chi connectivity index (χ4n) is 1.95. The van der Waals surface area contributed by atoms with Crippen LogP contribution in [0.3, 0.4) is 0 Å². The Morgan fingerprint density at radius 3 is 3.05 bits per heavy atom. The molecular weight excluding hydrogens is 254 g/mol. The van der Waals surface area contributed by atoms with Gasteiger partial charge in [0.15, 0.2) is 0 Å². The van der Waals surface area contributed by atoms with E-state index in [-0.39, 0.29) is 5.91 Å². The van der Waals surface area contributed by atoms with Crippen LogP contribution in [0.5, 0.6) is 0 Å². The predicted octanol–water partition coefficient (Wildman–Crippen LogP) is 1.93. The van der Waals surface area contributed by atoms with Gasteiger partial charge in [0.1, 0.15) is 0 Å². The first-order valence-corrected chi connectivity index (χ1v) is 6.61. The van der Waals surface area contributed by atoms with Gasteiger partial charge in [-0.1, -0.05) is 18.2 Å². The normalized spacial score (nSPS) is 12.3. The van der Waals surface area contributed by atoms with Crippen molar-refractivity contribution in [2.45, 2.75) is 18.9 Å². The standard InChI is InChI=1S/C15H19N3O2/c1-20-8-4-6-13(16)15(19)18-12-9-11-5-2-3-7-14(11)17-10-12/h2-3,5,7,9-10,13H,4,6,8,16H2,1H3,(H,18,19). The fourth-order valence-corrected chi connectivity index (χ4v) is 1.95. The number of pyridine rings is 1. The van der Waals surface area contributed by atoms with Gasteiger partial charge in [0.05, 0.1) is 23.4 Å². The zero-order valence-electron chi connectivity index (χ0n) is 11.5. The molecule has 1 unspecified atom stereocenters. The van der Waals surface area contributed by atoms with E-state index in [2.05, 4.69) is 10.3 Å². The molecule has 20 heavy (non-hydrogen) atoms. The molecule has 0 spiro atoms. The lowest BCUT2D eigenvalue weighted by Gasteiger charge is -2.12. The summed E-state index contributed by atoms with van der Waals surface area (Å²) in [6, 6.07) is 9.11. The van der Waals surface area contributed by atoms with E-state index in [0.29, 0.717) is 18.7 Å². The first kappa shape index (κ1) is 14.4. The van der Waals surface area contributed by atoms with Crippen LogP contribution in [0.1, 0.15) is 12.8 Å². The Balaban J connectivity index is 1.98. The summed E-state index contributed by atoms with van der Waals surface area (Å²) in [5.74, 6) is -0.196. The minimum absolute atomic E-state index is 0.196. The summed E-state index contributed by atoms with van der Waals surface area (Å²) in [5.41, 5.74) is 7.39. The zero-order valence-corrected chi connectivity index (χ0v) is 11.5. The third kappa shape index (κ3) is 3.76. The Labute approximate surface area is 118 Å². The molecule has 0 bridgehead atoms. The lowest BCUT2D eigenvalue weighted by molar-refractivity contribution is -0.117. The van der Waals surface area contributed by atoms with Crippen LogP contribution in [0.4, 0.5) is 5.69 Å². The first-order chi connectivity index (χ1) is 9.70. The second-order valence-electron chi connectivity index (χ2n) is 4.65. The van der Waals surface area contributed by atoms with Gasteiger partial charge in [-0.15, -0.1) is 0 Å². The Morgan fingerprint density at radius 1 is 1.45 bits per heavy atom. The van der Waals surface area contributed by atoms with Gasteiger partial charge in [0, 0.05) is 19.1 Å². The van der Waals surface area contributed by atoms with Gasteiger partial charge in [-0.2, -0.15) is 0 Å². The van der Waals surface area contributed by atoms with Gasteiger partial charge in [-0.3, -0.25) is 9.78 Å². The number of para-hydroxylation sites is 1. The molecule has 1 aromatic heterocycles.